The maximum absolute atomic E-state index is 10.9. The summed E-state index contributed by atoms with van der Waals surface area (Å²) in [6.07, 6.45) is 3.82. The van der Waals surface area contributed by atoms with Crippen LogP contribution in [-0.4, -0.2) is 32.1 Å². The van der Waals surface area contributed by atoms with E-state index in [9.17, 15) is 4.79 Å². The van der Waals surface area contributed by atoms with Crippen LogP contribution in [0.4, 0.5) is 0 Å². The number of aromatic nitrogens is 2. The zero-order chi connectivity index (χ0) is 13.2. The summed E-state index contributed by atoms with van der Waals surface area (Å²) in [6.45, 7) is 3.47. The minimum absolute atomic E-state index is 0.344. The number of benzene rings is 1. The monoisotopic (exact) mass is 257 g/mol. The molecule has 0 unspecified atom stereocenters. The molecule has 0 bridgehead atoms. The summed E-state index contributed by atoms with van der Waals surface area (Å²) in [5, 5.41) is 8.99. The molecule has 0 aliphatic carbocycles. The Morgan fingerprint density at radius 3 is 3.11 bits per heavy atom. The van der Waals surface area contributed by atoms with Crippen LogP contribution in [0.15, 0.2) is 36.7 Å². The number of aromatic carboxylic acids is 1. The van der Waals surface area contributed by atoms with E-state index in [0.29, 0.717) is 5.56 Å². The fraction of sp³-hybridized carbons (Fsp3) is 0.286. The SMILES string of the molecule is O=C(O)c1cccc(CN2CCn3ccnc3C2)c1. The average molecular weight is 257 g/mol. The van der Waals surface area contributed by atoms with Crippen LogP contribution in [0.3, 0.4) is 0 Å². The molecule has 0 spiro atoms. The molecule has 1 aromatic heterocycles. The van der Waals surface area contributed by atoms with Gasteiger partial charge in [-0.3, -0.25) is 4.90 Å². The molecule has 2 heterocycles. The first-order valence-electron chi connectivity index (χ1n) is 6.27. The second-order valence-electron chi connectivity index (χ2n) is 4.75. The van der Waals surface area contributed by atoms with E-state index in [1.54, 1.807) is 18.2 Å². The number of imidazole rings is 1. The van der Waals surface area contributed by atoms with Crippen molar-refractivity contribution >= 4 is 5.97 Å². The molecule has 0 radical (unpaired) electrons. The van der Waals surface area contributed by atoms with Crippen LogP contribution in [0.1, 0.15) is 21.7 Å². The lowest BCUT2D eigenvalue weighted by Crippen LogP contribution is -2.33. The van der Waals surface area contributed by atoms with Crippen molar-refractivity contribution in [3.63, 3.8) is 0 Å². The van der Waals surface area contributed by atoms with E-state index < -0.39 is 5.97 Å². The van der Waals surface area contributed by atoms with E-state index in [1.807, 2.05) is 18.5 Å². The van der Waals surface area contributed by atoms with Crippen molar-refractivity contribution in [1.82, 2.24) is 14.5 Å². The van der Waals surface area contributed by atoms with Crippen molar-refractivity contribution in [3.05, 3.63) is 53.6 Å². The van der Waals surface area contributed by atoms with Gasteiger partial charge >= 0.3 is 5.97 Å². The van der Waals surface area contributed by atoms with Gasteiger partial charge in [-0.05, 0) is 17.7 Å². The van der Waals surface area contributed by atoms with E-state index in [2.05, 4.69) is 14.5 Å². The Balaban J connectivity index is 1.72. The second-order valence-corrected chi connectivity index (χ2v) is 4.75. The molecule has 19 heavy (non-hydrogen) atoms. The lowest BCUT2D eigenvalue weighted by molar-refractivity contribution is 0.0696. The maximum atomic E-state index is 10.9. The van der Waals surface area contributed by atoms with Crippen molar-refractivity contribution < 1.29 is 9.90 Å². The summed E-state index contributed by atoms with van der Waals surface area (Å²) in [7, 11) is 0. The van der Waals surface area contributed by atoms with Crippen molar-refractivity contribution in [1.29, 1.82) is 0 Å². The first-order chi connectivity index (χ1) is 9.22. The lowest BCUT2D eigenvalue weighted by atomic mass is 10.1. The third kappa shape index (κ3) is 2.51. The van der Waals surface area contributed by atoms with Crippen molar-refractivity contribution in [2.75, 3.05) is 6.54 Å². The molecule has 1 N–H and O–H groups in total. The lowest BCUT2D eigenvalue weighted by Gasteiger charge is -2.27. The number of nitrogens with zero attached hydrogens (tertiary/aromatic N) is 3. The van der Waals surface area contributed by atoms with Gasteiger partial charge in [-0.1, -0.05) is 12.1 Å². The smallest absolute Gasteiger partial charge is 0.335 e. The molecule has 0 atom stereocenters. The van der Waals surface area contributed by atoms with Gasteiger partial charge in [0.25, 0.3) is 0 Å². The van der Waals surface area contributed by atoms with E-state index in [-0.39, 0.29) is 0 Å². The van der Waals surface area contributed by atoms with Crippen molar-refractivity contribution in [2.24, 2.45) is 0 Å². The number of carboxylic acids is 1. The second kappa shape index (κ2) is 4.85. The van der Waals surface area contributed by atoms with Gasteiger partial charge in [0.1, 0.15) is 5.82 Å². The molecular formula is C14H15N3O2. The highest BCUT2D eigenvalue weighted by molar-refractivity contribution is 5.87. The number of carboxylic acid groups (broad SMARTS) is 1. The zero-order valence-electron chi connectivity index (χ0n) is 10.5. The first-order valence-corrected chi connectivity index (χ1v) is 6.27. The summed E-state index contributed by atoms with van der Waals surface area (Å²) in [6, 6.07) is 7.12. The molecule has 3 rings (SSSR count). The maximum Gasteiger partial charge on any atom is 0.335 e. The van der Waals surface area contributed by atoms with Gasteiger partial charge in [-0.2, -0.15) is 0 Å². The highest BCUT2D eigenvalue weighted by Crippen LogP contribution is 2.14. The van der Waals surface area contributed by atoms with Gasteiger partial charge in [0.2, 0.25) is 0 Å². The van der Waals surface area contributed by atoms with Crippen LogP contribution in [0.5, 0.6) is 0 Å². The summed E-state index contributed by atoms with van der Waals surface area (Å²) < 4.78 is 2.16. The molecule has 0 fully saturated rings. The van der Waals surface area contributed by atoms with E-state index in [1.165, 1.54) is 0 Å². The topological polar surface area (TPSA) is 58.4 Å². The minimum Gasteiger partial charge on any atom is -0.478 e. The van der Waals surface area contributed by atoms with E-state index in [4.69, 9.17) is 5.11 Å². The normalized spacial score (nSPS) is 15.2. The van der Waals surface area contributed by atoms with Crippen LogP contribution >= 0.6 is 0 Å². The quantitative estimate of drug-likeness (QED) is 0.907. The molecule has 1 aliphatic heterocycles. The Hall–Kier alpha value is -2.14. The Labute approximate surface area is 111 Å². The molecule has 1 aromatic carbocycles. The van der Waals surface area contributed by atoms with Crippen LogP contribution in [0.25, 0.3) is 0 Å². The molecule has 0 amide bonds. The van der Waals surface area contributed by atoms with Crippen LogP contribution in [0.2, 0.25) is 0 Å². The molecule has 5 nitrogen and oxygen atoms in total. The first kappa shape index (κ1) is 11.9. The van der Waals surface area contributed by atoms with E-state index in [0.717, 1.165) is 37.6 Å². The van der Waals surface area contributed by atoms with Crippen LogP contribution in [-0.2, 0) is 19.6 Å². The Bertz CT molecular complexity index is 606. The predicted molar refractivity (Wildman–Crippen MR) is 69.7 cm³/mol. The molecule has 0 saturated heterocycles. The largest absolute Gasteiger partial charge is 0.478 e. The minimum atomic E-state index is -0.879. The molecule has 5 heteroatoms. The van der Waals surface area contributed by atoms with Gasteiger partial charge in [0.05, 0.1) is 12.1 Å². The van der Waals surface area contributed by atoms with E-state index >= 15 is 0 Å². The number of hydrogen-bond acceptors (Lipinski definition) is 3. The molecule has 2 aromatic rings. The van der Waals surface area contributed by atoms with Crippen molar-refractivity contribution in [2.45, 2.75) is 19.6 Å². The van der Waals surface area contributed by atoms with Crippen LogP contribution in [0, 0.1) is 0 Å². The van der Waals surface area contributed by atoms with Gasteiger partial charge in [-0.15, -0.1) is 0 Å². The summed E-state index contributed by atoms with van der Waals surface area (Å²) in [4.78, 5) is 17.5. The zero-order valence-corrected chi connectivity index (χ0v) is 10.5. The number of hydrogen-bond donors (Lipinski definition) is 1. The Kier molecular flexibility index (Phi) is 3.05. The van der Waals surface area contributed by atoms with Crippen LogP contribution < -0.4 is 0 Å². The molecule has 98 valence electrons. The summed E-state index contributed by atoms with van der Waals surface area (Å²) in [5.74, 6) is 0.191. The number of fused-ring (bicyclic) bond motifs is 1. The van der Waals surface area contributed by atoms with Gasteiger partial charge in [-0.25, -0.2) is 9.78 Å². The third-order valence-electron chi connectivity index (χ3n) is 3.40. The third-order valence-corrected chi connectivity index (χ3v) is 3.40. The number of rotatable bonds is 3. The summed E-state index contributed by atoms with van der Waals surface area (Å²) >= 11 is 0. The molecule has 0 saturated carbocycles. The van der Waals surface area contributed by atoms with Gasteiger partial charge in [0, 0.05) is 32.0 Å². The Morgan fingerprint density at radius 2 is 2.26 bits per heavy atom. The van der Waals surface area contributed by atoms with Gasteiger partial charge in [0.15, 0.2) is 0 Å². The fourth-order valence-electron chi connectivity index (χ4n) is 2.42. The predicted octanol–water partition coefficient (Wildman–Crippen LogP) is 1.60. The summed E-state index contributed by atoms with van der Waals surface area (Å²) in [5.41, 5.74) is 1.37. The number of carbonyl (C=O) groups is 1. The standard InChI is InChI=1S/C14H15N3O2/c18-14(19)12-3-1-2-11(8-12)9-16-6-7-17-5-4-15-13(17)10-16/h1-5,8H,6-7,9-10H2,(H,18,19). The highest BCUT2D eigenvalue weighted by atomic mass is 16.4. The average Bonchev–Trinajstić information content (AvgIpc) is 2.86. The fourth-order valence-corrected chi connectivity index (χ4v) is 2.42. The molecule has 1 aliphatic rings. The highest BCUT2D eigenvalue weighted by Gasteiger charge is 2.16. The Morgan fingerprint density at radius 1 is 1.37 bits per heavy atom. The van der Waals surface area contributed by atoms with Gasteiger partial charge < -0.3 is 9.67 Å². The molecular weight excluding hydrogens is 242 g/mol. The van der Waals surface area contributed by atoms with Crippen molar-refractivity contribution in [3.8, 4) is 0 Å².